The van der Waals surface area contributed by atoms with E-state index in [2.05, 4.69) is 170 Å². The minimum Gasteiger partial charge on any atom is -0.310 e. The van der Waals surface area contributed by atoms with Gasteiger partial charge >= 0.3 is 0 Å². The lowest BCUT2D eigenvalue weighted by molar-refractivity contribution is -0.0399. The molecule has 4 fully saturated rings. The molecule has 0 heterocycles. The SMILES string of the molecule is CC1(C)c2ccccc2-c2ccc(N(c3cccc(-c4ccc5ccccc5c4)c3)c3ccc4c(c3)-c3ccccc3C43C4CC5CC(C4)CC3C5)cc21. The van der Waals surface area contributed by atoms with E-state index < -0.39 is 0 Å². The summed E-state index contributed by atoms with van der Waals surface area (Å²) in [6.07, 6.45) is 7.10. The van der Waals surface area contributed by atoms with E-state index in [0.717, 1.165) is 23.7 Å². The van der Waals surface area contributed by atoms with Gasteiger partial charge in [0.15, 0.2) is 0 Å². The Balaban J connectivity index is 1.05. The lowest BCUT2D eigenvalue weighted by Gasteiger charge is -2.61. The highest BCUT2D eigenvalue weighted by Gasteiger charge is 2.61. The Hall–Kier alpha value is -5.40. The Kier molecular flexibility index (Phi) is 6.36. The molecule has 6 aliphatic rings. The van der Waals surface area contributed by atoms with Gasteiger partial charge in [-0.3, -0.25) is 0 Å². The second-order valence-corrected chi connectivity index (χ2v) is 17.8. The topological polar surface area (TPSA) is 3.24 Å². The molecule has 13 rings (SSSR count). The Morgan fingerprint density at radius 3 is 1.80 bits per heavy atom. The zero-order chi connectivity index (χ0) is 35.8. The summed E-state index contributed by atoms with van der Waals surface area (Å²) in [7, 11) is 0. The van der Waals surface area contributed by atoms with Crippen LogP contribution in [0.5, 0.6) is 0 Å². The largest absolute Gasteiger partial charge is 0.310 e. The van der Waals surface area contributed by atoms with Crippen LogP contribution < -0.4 is 4.90 Å². The van der Waals surface area contributed by atoms with Crippen LogP contribution in [-0.4, -0.2) is 0 Å². The average Bonchev–Trinajstić information content (AvgIpc) is 3.62. The van der Waals surface area contributed by atoms with Crippen molar-refractivity contribution in [3.05, 3.63) is 174 Å². The Bertz CT molecular complexity index is 2650. The van der Waals surface area contributed by atoms with Crippen molar-refractivity contribution in [3.63, 3.8) is 0 Å². The van der Waals surface area contributed by atoms with E-state index >= 15 is 0 Å². The molecule has 0 aromatic heterocycles. The number of rotatable bonds is 4. The fraction of sp³-hybridized carbons (Fsp3) is 0.245. The minimum atomic E-state index is -0.0801. The first kappa shape index (κ1) is 31.0. The summed E-state index contributed by atoms with van der Waals surface area (Å²) in [6, 6.07) is 58.1. The molecule has 1 nitrogen and oxygen atoms in total. The van der Waals surface area contributed by atoms with Crippen LogP contribution in [0.1, 0.15) is 68.2 Å². The quantitative estimate of drug-likeness (QED) is 0.177. The zero-order valence-corrected chi connectivity index (χ0v) is 31.2. The molecule has 0 unspecified atom stereocenters. The molecule has 7 aromatic rings. The number of fused-ring (bicyclic) bond motifs is 7. The highest BCUT2D eigenvalue weighted by Crippen LogP contribution is 2.69. The van der Waals surface area contributed by atoms with Gasteiger partial charge < -0.3 is 4.90 Å². The number of hydrogen-bond donors (Lipinski definition) is 0. The number of nitrogens with zero attached hydrogens (tertiary/aromatic N) is 1. The molecule has 0 amide bonds. The van der Waals surface area contributed by atoms with Crippen LogP contribution in [0.25, 0.3) is 44.2 Å². The zero-order valence-electron chi connectivity index (χ0n) is 31.2. The highest BCUT2D eigenvalue weighted by molar-refractivity contribution is 5.91. The van der Waals surface area contributed by atoms with Crippen LogP contribution in [0.3, 0.4) is 0 Å². The third-order valence-electron chi connectivity index (χ3n) is 14.8. The van der Waals surface area contributed by atoms with Gasteiger partial charge in [-0.2, -0.15) is 0 Å². The molecule has 0 saturated heterocycles. The van der Waals surface area contributed by atoms with Gasteiger partial charge in [0.05, 0.1) is 0 Å². The van der Waals surface area contributed by atoms with Crippen molar-refractivity contribution in [2.75, 3.05) is 4.90 Å². The van der Waals surface area contributed by atoms with Gasteiger partial charge in [-0.05, 0) is 165 Å². The number of anilines is 3. The highest BCUT2D eigenvalue weighted by atomic mass is 15.1. The summed E-state index contributed by atoms with van der Waals surface area (Å²) in [5.74, 6) is 3.40. The maximum Gasteiger partial charge on any atom is 0.0468 e. The van der Waals surface area contributed by atoms with Crippen molar-refractivity contribution < 1.29 is 0 Å². The molecule has 0 N–H and O–H groups in total. The van der Waals surface area contributed by atoms with Crippen molar-refractivity contribution in [3.8, 4) is 33.4 Å². The van der Waals surface area contributed by atoms with Gasteiger partial charge in [0.1, 0.15) is 0 Å². The Morgan fingerprint density at radius 2 is 1.00 bits per heavy atom. The van der Waals surface area contributed by atoms with E-state index in [1.165, 1.54) is 104 Å². The molecule has 7 aromatic carbocycles. The van der Waals surface area contributed by atoms with Gasteiger partial charge in [0.25, 0.3) is 0 Å². The fourth-order valence-corrected chi connectivity index (χ4v) is 12.8. The maximum atomic E-state index is 2.57. The molecule has 0 radical (unpaired) electrons. The number of hydrogen-bond acceptors (Lipinski definition) is 1. The summed E-state index contributed by atoms with van der Waals surface area (Å²) in [5, 5.41) is 2.55. The van der Waals surface area contributed by atoms with Gasteiger partial charge in [0.2, 0.25) is 0 Å². The van der Waals surface area contributed by atoms with Gasteiger partial charge in [-0.25, -0.2) is 0 Å². The van der Waals surface area contributed by atoms with Crippen molar-refractivity contribution in [2.45, 2.75) is 56.8 Å². The molecule has 262 valence electrons. The van der Waals surface area contributed by atoms with E-state index in [4.69, 9.17) is 0 Å². The first-order chi connectivity index (χ1) is 26.5. The van der Waals surface area contributed by atoms with Gasteiger partial charge in [-0.1, -0.05) is 123 Å². The molecule has 6 aliphatic carbocycles. The van der Waals surface area contributed by atoms with E-state index in [9.17, 15) is 0 Å². The predicted octanol–water partition coefficient (Wildman–Crippen LogP) is 14.0. The second-order valence-electron chi connectivity index (χ2n) is 17.8. The minimum absolute atomic E-state index is 0.0801. The molecule has 4 saturated carbocycles. The molecule has 0 aliphatic heterocycles. The van der Waals surface area contributed by atoms with Crippen LogP contribution in [0.4, 0.5) is 17.1 Å². The fourth-order valence-electron chi connectivity index (χ4n) is 12.8. The second kappa shape index (κ2) is 11.1. The molecule has 1 heteroatoms. The summed E-state index contributed by atoms with van der Waals surface area (Å²) >= 11 is 0. The van der Waals surface area contributed by atoms with Gasteiger partial charge in [0, 0.05) is 27.9 Å². The maximum absolute atomic E-state index is 2.57. The van der Waals surface area contributed by atoms with E-state index in [1.54, 1.807) is 11.1 Å². The van der Waals surface area contributed by atoms with Crippen molar-refractivity contribution in [1.82, 2.24) is 0 Å². The number of benzene rings is 7. The first-order valence-electron chi connectivity index (χ1n) is 20.3. The predicted molar refractivity (Wildman–Crippen MR) is 225 cm³/mol. The van der Waals surface area contributed by atoms with Crippen molar-refractivity contribution in [2.24, 2.45) is 23.7 Å². The summed E-state index contributed by atoms with van der Waals surface area (Å²) in [5.41, 5.74) is 17.9. The average molecular weight is 696 g/mol. The molecular formula is C53H45N. The summed E-state index contributed by atoms with van der Waals surface area (Å²) in [6.45, 7) is 4.78. The first-order valence-corrected chi connectivity index (χ1v) is 20.3. The molecule has 1 spiro atoms. The lowest BCUT2D eigenvalue weighted by atomic mass is 9.43. The van der Waals surface area contributed by atoms with Crippen molar-refractivity contribution >= 4 is 27.8 Å². The monoisotopic (exact) mass is 695 g/mol. The third kappa shape index (κ3) is 4.16. The lowest BCUT2D eigenvalue weighted by Crippen LogP contribution is -2.55. The standard InChI is InChI=1S/C53H45N/c1-52(2)48-16-7-5-14-44(48)46-22-20-43(32-51(46)52)54(41-13-9-12-37(30-41)38-19-18-35-10-3-4-11-36(35)29-38)42-21-23-50-47(31-42)45-15-6-8-17-49(45)53(50)39-25-33-24-34(27-39)28-40(53)26-33/h3-23,29-34,39-40H,24-28H2,1-2H3. The molecule has 54 heavy (non-hydrogen) atoms. The summed E-state index contributed by atoms with van der Waals surface area (Å²) in [4.78, 5) is 2.54. The Morgan fingerprint density at radius 1 is 0.407 bits per heavy atom. The van der Waals surface area contributed by atoms with Crippen LogP contribution in [0, 0.1) is 23.7 Å². The molecule has 4 bridgehead atoms. The molecular weight excluding hydrogens is 651 g/mol. The smallest absolute Gasteiger partial charge is 0.0468 e. The van der Waals surface area contributed by atoms with Crippen LogP contribution in [0.15, 0.2) is 152 Å². The molecule has 0 atom stereocenters. The Labute approximate surface area is 319 Å². The summed E-state index contributed by atoms with van der Waals surface area (Å²) < 4.78 is 0. The van der Waals surface area contributed by atoms with Crippen LogP contribution >= 0.6 is 0 Å². The van der Waals surface area contributed by atoms with Crippen LogP contribution in [-0.2, 0) is 10.8 Å². The van der Waals surface area contributed by atoms with Crippen LogP contribution in [0.2, 0.25) is 0 Å². The normalized spacial score (nSPS) is 24.7. The third-order valence-corrected chi connectivity index (χ3v) is 14.8. The van der Waals surface area contributed by atoms with E-state index in [-0.39, 0.29) is 10.8 Å². The van der Waals surface area contributed by atoms with E-state index in [0.29, 0.717) is 0 Å². The van der Waals surface area contributed by atoms with E-state index in [1.807, 2.05) is 0 Å². The van der Waals surface area contributed by atoms with Gasteiger partial charge in [-0.15, -0.1) is 0 Å². The van der Waals surface area contributed by atoms with Crippen molar-refractivity contribution in [1.29, 1.82) is 0 Å².